The molecule has 1 aliphatic rings. The molecule has 2 heterocycles. The molecule has 33 heavy (non-hydrogen) atoms. The van der Waals surface area contributed by atoms with Crippen molar-refractivity contribution in [3.05, 3.63) is 72.1 Å². The van der Waals surface area contributed by atoms with Crippen LogP contribution in [0.4, 0.5) is 8.78 Å². The van der Waals surface area contributed by atoms with Gasteiger partial charge in [-0.05, 0) is 36.6 Å². The minimum atomic E-state index is -2.74. The molecule has 0 aliphatic carbocycles. The molecule has 0 N–H and O–H groups in total. The zero-order valence-electron chi connectivity index (χ0n) is 18.4. The first kappa shape index (κ1) is 22.6. The van der Waals surface area contributed by atoms with Crippen molar-refractivity contribution >= 4 is 28.9 Å². The predicted molar refractivity (Wildman–Crippen MR) is 122 cm³/mol. The highest BCUT2D eigenvalue weighted by molar-refractivity contribution is 5.92. The Hall–Kier alpha value is -3.55. The molecule has 0 unspecified atom stereocenters. The number of imidazole rings is 1. The van der Waals surface area contributed by atoms with Gasteiger partial charge in [-0.25, -0.2) is 4.98 Å². The minimum absolute atomic E-state index is 0.00316. The number of carbonyl (C=O) groups is 2. The standard InChI is InChI=1S/C25H26F2N4O2/c1-29(17-22-28-20-9-5-6-10-21(20)31(22)25(26)27)24(33)19-13-15-30(16-14-19)23(32)12-11-18-7-3-2-4-8-18/h2-12,19,25H,13-17H2,1H3/b12-11+. The number of halogens is 2. The van der Waals surface area contributed by atoms with E-state index in [1.165, 1.54) is 4.90 Å². The lowest BCUT2D eigenvalue weighted by molar-refractivity contribution is -0.138. The Morgan fingerprint density at radius 2 is 1.76 bits per heavy atom. The highest BCUT2D eigenvalue weighted by atomic mass is 19.3. The second-order valence-electron chi connectivity index (χ2n) is 8.20. The average molecular weight is 453 g/mol. The number of piperidine rings is 1. The van der Waals surface area contributed by atoms with Gasteiger partial charge in [-0.2, -0.15) is 8.78 Å². The highest BCUT2D eigenvalue weighted by Crippen LogP contribution is 2.25. The quantitative estimate of drug-likeness (QED) is 0.523. The molecular weight excluding hydrogens is 426 g/mol. The summed E-state index contributed by atoms with van der Waals surface area (Å²) in [7, 11) is 1.61. The average Bonchev–Trinajstić information content (AvgIpc) is 3.20. The lowest BCUT2D eigenvalue weighted by atomic mass is 9.95. The normalized spacial score (nSPS) is 15.0. The molecule has 0 radical (unpaired) electrons. The topological polar surface area (TPSA) is 58.4 Å². The maximum absolute atomic E-state index is 13.7. The van der Waals surface area contributed by atoms with E-state index in [2.05, 4.69) is 4.98 Å². The Kier molecular flexibility index (Phi) is 6.82. The summed E-state index contributed by atoms with van der Waals surface area (Å²) in [6.45, 7) is -1.78. The molecular formula is C25H26F2N4O2. The fraction of sp³-hybridized carbons (Fsp3) is 0.320. The highest BCUT2D eigenvalue weighted by Gasteiger charge is 2.29. The van der Waals surface area contributed by atoms with Crippen LogP contribution < -0.4 is 0 Å². The summed E-state index contributed by atoms with van der Waals surface area (Å²) in [6, 6.07) is 16.3. The van der Waals surface area contributed by atoms with Crippen LogP contribution in [0.3, 0.4) is 0 Å². The van der Waals surface area contributed by atoms with E-state index in [1.807, 2.05) is 30.3 Å². The SMILES string of the molecule is CN(Cc1nc2ccccc2n1C(F)F)C(=O)C1CCN(C(=O)/C=C/c2ccccc2)CC1. The number of hydrogen-bond acceptors (Lipinski definition) is 3. The number of hydrogen-bond donors (Lipinski definition) is 0. The smallest absolute Gasteiger partial charge is 0.320 e. The first-order valence-electron chi connectivity index (χ1n) is 10.9. The summed E-state index contributed by atoms with van der Waals surface area (Å²) >= 11 is 0. The number of amides is 2. The molecule has 0 atom stereocenters. The number of rotatable bonds is 6. The molecule has 1 fully saturated rings. The molecule has 2 aromatic carbocycles. The summed E-state index contributed by atoms with van der Waals surface area (Å²) in [5.74, 6) is -0.291. The molecule has 1 saturated heterocycles. The monoisotopic (exact) mass is 452 g/mol. The van der Waals surface area contributed by atoms with E-state index in [0.29, 0.717) is 37.0 Å². The molecule has 8 heteroatoms. The lowest BCUT2D eigenvalue weighted by Gasteiger charge is -2.32. The number of nitrogens with zero attached hydrogens (tertiary/aromatic N) is 4. The molecule has 1 aromatic heterocycles. The summed E-state index contributed by atoms with van der Waals surface area (Å²) in [4.78, 5) is 32.9. The van der Waals surface area contributed by atoms with Crippen molar-refractivity contribution in [2.45, 2.75) is 25.9 Å². The fourth-order valence-electron chi connectivity index (χ4n) is 4.21. The molecule has 3 aromatic rings. The number of aromatic nitrogens is 2. The van der Waals surface area contributed by atoms with E-state index < -0.39 is 6.55 Å². The van der Waals surface area contributed by atoms with Crippen molar-refractivity contribution in [3.8, 4) is 0 Å². The molecule has 6 nitrogen and oxygen atoms in total. The Bertz CT molecular complexity index is 1150. The van der Waals surface area contributed by atoms with Crippen molar-refractivity contribution in [2.24, 2.45) is 5.92 Å². The van der Waals surface area contributed by atoms with E-state index in [-0.39, 0.29) is 30.1 Å². The van der Waals surface area contributed by atoms with Crippen LogP contribution in [-0.4, -0.2) is 51.3 Å². The third-order valence-electron chi connectivity index (χ3n) is 5.99. The number of alkyl halides is 2. The molecule has 2 amide bonds. The Balaban J connectivity index is 1.35. The van der Waals surface area contributed by atoms with Crippen LogP contribution in [-0.2, 0) is 16.1 Å². The second-order valence-corrected chi connectivity index (χ2v) is 8.20. The number of likely N-dealkylation sites (tertiary alicyclic amines) is 1. The van der Waals surface area contributed by atoms with Gasteiger partial charge in [0.25, 0.3) is 0 Å². The summed E-state index contributed by atoms with van der Waals surface area (Å²) in [6.07, 6.45) is 4.42. The van der Waals surface area contributed by atoms with Crippen molar-refractivity contribution in [1.82, 2.24) is 19.4 Å². The van der Waals surface area contributed by atoms with Crippen LogP contribution in [0.1, 0.15) is 30.8 Å². The largest absolute Gasteiger partial charge is 0.339 e. The fourth-order valence-corrected chi connectivity index (χ4v) is 4.21. The van der Waals surface area contributed by atoms with Crippen molar-refractivity contribution in [3.63, 3.8) is 0 Å². The zero-order chi connectivity index (χ0) is 23.4. The van der Waals surface area contributed by atoms with Gasteiger partial charge >= 0.3 is 6.55 Å². The van der Waals surface area contributed by atoms with Gasteiger partial charge in [0, 0.05) is 32.1 Å². The predicted octanol–water partition coefficient (Wildman–Crippen LogP) is 4.34. The van der Waals surface area contributed by atoms with Crippen molar-refractivity contribution in [1.29, 1.82) is 0 Å². The summed E-state index contributed by atoms with van der Waals surface area (Å²) in [5.41, 5.74) is 1.77. The van der Waals surface area contributed by atoms with Crippen LogP contribution in [0, 0.1) is 5.92 Å². The van der Waals surface area contributed by atoms with Gasteiger partial charge in [0.2, 0.25) is 11.8 Å². The summed E-state index contributed by atoms with van der Waals surface area (Å²) in [5, 5.41) is 0. The summed E-state index contributed by atoms with van der Waals surface area (Å²) < 4.78 is 28.2. The van der Waals surface area contributed by atoms with Crippen LogP contribution in [0.5, 0.6) is 0 Å². The maximum Gasteiger partial charge on any atom is 0.320 e. The van der Waals surface area contributed by atoms with Gasteiger partial charge in [-0.3, -0.25) is 14.2 Å². The molecule has 0 bridgehead atoms. The Morgan fingerprint density at radius 1 is 1.09 bits per heavy atom. The van der Waals surface area contributed by atoms with Gasteiger partial charge in [0.05, 0.1) is 17.6 Å². The van der Waals surface area contributed by atoms with Crippen LogP contribution in [0.2, 0.25) is 0 Å². The third kappa shape index (κ3) is 5.10. The van der Waals surface area contributed by atoms with E-state index in [9.17, 15) is 18.4 Å². The van der Waals surface area contributed by atoms with Gasteiger partial charge < -0.3 is 9.80 Å². The molecule has 0 spiro atoms. The lowest BCUT2D eigenvalue weighted by Crippen LogP contribution is -2.43. The van der Waals surface area contributed by atoms with E-state index >= 15 is 0 Å². The Morgan fingerprint density at radius 3 is 2.45 bits per heavy atom. The van der Waals surface area contributed by atoms with Crippen molar-refractivity contribution < 1.29 is 18.4 Å². The second kappa shape index (κ2) is 9.94. The van der Waals surface area contributed by atoms with Gasteiger partial charge in [-0.15, -0.1) is 0 Å². The van der Waals surface area contributed by atoms with Gasteiger partial charge in [0.15, 0.2) is 0 Å². The number of benzene rings is 2. The number of carbonyl (C=O) groups excluding carboxylic acids is 2. The minimum Gasteiger partial charge on any atom is -0.339 e. The first-order valence-corrected chi connectivity index (χ1v) is 10.9. The third-order valence-corrected chi connectivity index (χ3v) is 5.99. The van der Waals surface area contributed by atoms with Crippen LogP contribution >= 0.6 is 0 Å². The van der Waals surface area contributed by atoms with Gasteiger partial charge in [-0.1, -0.05) is 42.5 Å². The maximum atomic E-state index is 13.7. The van der Waals surface area contributed by atoms with E-state index in [4.69, 9.17) is 0 Å². The van der Waals surface area contributed by atoms with E-state index in [0.717, 1.165) is 10.1 Å². The van der Waals surface area contributed by atoms with Gasteiger partial charge in [0.1, 0.15) is 5.82 Å². The Labute approximate surface area is 191 Å². The number of para-hydroxylation sites is 2. The molecule has 4 rings (SSSR count). The zero-order valence-corrected chi connectivity index (χ0v) is 18.4. The molecule has 1 aliphatic heterocycles. The number of fused-ring (bicyclic) bond motifs is 1. The van der Waals surface area contributed by atoms with Crippen molar-refractivity contribution in [2.75, 3.05) is 20.1 Å². The van der Waals surface area contributed by atoms with Crippen LogP contribution in [0.25, 0.3) is 17.1 Å². The molecule has 172 valence electrons. The van der Waals surface area contributed by atoms with E-state index in [1.54, 1.807) is 48.4 Å². The molecule has 0 saturated carbocycles. The van der Waals surface area contributed by atoms with Crippen LogP contribution in [0.15, 0.2) is 60.7 Å². The first-order chi connectivity index (χ1) is 15.9.